The molecule has 0 amide bonds. The lowest BCUT2D eigenvalue weighted by Crippen LogP contribution is -2.18. The molecule has 2 aromatic rings. The molecule has 2 aromatic carbocycles. The van der Waals surface area contributed by atoms with E-state index in [4.69, 9.17) is 11.6 Å². The summed E-state index contributed by atoms with van der Waals surface area (Å²) in [6.07, 6.45) is 3.70. The molecule has 21 heavy (non-hydrogen) atoms. The minimum Gasteiger partial charge on any atom is -0.306 e. The highest BCUT2D eigenvalue weighted by Gasteiger charge is 2.05. The average molecular weight is 302 g/mol. The average Bonchev–Trinajstić information content (AvgIpc) is 2.51. The summed E-state index contributed by atoms with van der Waals surface area (Å²) >= 11 is 6.01. The van der Waals surface area contributed by atoms with Crippen LogP contribution < -0.4 is 5.32 Å². The summed E-state index contributed by atoms with van der Waals surface area (Å²) < 4.78 is 0. The van der Waals surface area contributed by atoms with Crippen LogP contribution in [0.2, 0.25) is 5.02 Å². The Labute approximate surface area is 133 Å². The predicted octanol–water partition coefficient (Wildman–Crippen LogP) is 5.53. The summed E-state index contributed by atoms with van der Waals surface area (Å²) in [5.74, 6) is 0. The van der Waals surface area contributed by atoms with Gasteiger partial charge in [0.2, 0.25) is 0 Å². The number of hydrogen-bond acceptors (Lipinski definition) is 1. The van der Waals surface area contributed by atoms with Gasteiger partial charge < -0.3 is 5.32 Å². The quantitative estimate of drug-likeness (QED) is 0.708. The van der Waals surface area contributed by atoms with Crippen molar-refractivity contribution < 1.29 is 0 Å². The Balaban J connectivity index is 1.89. The number of nitrogens with one attached hydrogen (secondary N) is 1. The van der Waals surface area contributed by atoms with Crippen molar-refractivity contribution in [3.8, 4) is 0 Å². The monoisotopic (exact) mass is 301 g/mol. The normalized spacial score (nSPS) is 12.3. The summed E-state index contributed by atoms with van der Waals surface area (Å²) in [4.78, 5) is 0. The van der Waals surface area contributed by atoms with E-state index in [0.717, 1.165) is 11.6 Å². The molecule has 1 nitrogen and oxygen atoms in total. The van der Waals surface area contributed by atoms with Gasteiger partial charge in [0.15, 0.2) is 0 Å². The molecular weight excluding hydrogens is 278 g/mol. The van der Waals surface area contributed by atoms with E-state index in [1.165, 1.54) is 36.0 Å². The Morgan fingerprint density at radius 3 is 2.48 bits per heavy atom. The topological polar surface area (TPSA) is 12.0 Å². The first-order valence-electron chi connectivity index (χ1n) is 7.75. The van der Waals surface area contributed by atoms with Gasteiger partial charge in [-0.2, -0.15) is 0 Å². The molecule has 0 spiro atoms. The second kappa shape index (κ2) is 8.21. The summed E-state index contributed by atoms with van der Waals surface area (Å²) in [6.45, 7) is 5.26. The zero-order valence-corrected chi connectivity index (χ0v) is 13.7. The van der Waals surface area contributed by atoms with Crippen molar-refractivity contribution in [3.05, 3.63) is 70.2 Å². The van der Waals surface area contributed by atoms with Gasteiger partial charge in [0, 0.05) is 17.6 Å². The molecule has 0 heterocycles. The minimum absolute atomic E-state index is 0.337. The van der Waals surface area contributed by atoms with Gasteiger partial charge >= 0.3 is 0 Å². The van der Waals surface area contributed by atoms with Gasteiger partial charge in [-0.3, -0.25) is 0 Å². The van der Waals surface area contributed by atoms with Crippen LogP contribution in [0.5, 0.6) is 0 Å². The highest BCUT2D eigenvalue weighted by molar-refractivity contribution is 6.30. The second-order valence-electron chi connectivity index (χ2n) is 5.58. The van der Waals surface area contributed by atoms with E-state index in [1.54, 1.807) is 0 Å². The van der Waals surface area contributed by atoms with Gasteiger partial charge in [-0.15, -0.1) is 0 Å². The van der Waals surface area contributed by atoms with E-state index >= 15 is 0 Å². The molecule has 0 aromatic heterocycles. The molecule has 0 aliphatic rings. The van der Waals surface area contributed by atoms with Gasteiger partial charge in [-0.1, -0.05) is 61.3 Å². The van der Waals surface area contributed by atoms with Crippen molar-refractivity contribution in [2.75, 3.05) is 0 Å². The number of aryl methyl sites for hydroxylation is 1. The van der Waals surface area contributed by atoms with Gasteiger partial charge in [0.05, 0.1) is 0 Å². The van der Waals surface area contributed by atoms with Gasteiger partial charge in [-0.05, 0) is 48.6 Å². The van der Waals surface area contributed by atoms with Crippen LogP contribution in [-0.4, -0.2) is 0 Å². The van der Waals surface area contributed by atoms with E-state index in [9.17, 15) is 0 Å². The maximum atomic E-state index is 6.01. The maximum Gasteiger partial charge on any atom is 0.0409 e. The second-order valence-corrected chi connectivity index (χ2v) is 6.01. The van der Waals surface area contributed by atoms with E-state index in [2.05, 4.69) is 49.5 Å². The molecule has 0 aliphatic carbocycles. The molecule has 0 bridgehead atoms. The number of halogens is 1. The first kappa shape index (κ1) is 16.1. The first-order chi connectivity index (χ1) is 10.2. The Kier molecular flexibility index (Phi) is 6.28. The molecule has 0 radical (unpaired) electrons. The van der Waals surface area contributed by atoms with Crippen molar-refractivity contribution in [1.82, 2.24) is 5.32 Å². The molecule has 1 N–H and O–H groups in total. The summed E-state index contributed by atoms with van der Waals surface area (Å²) in [7, 11) is 0. The summed E-state index contributed by atoms with van der Waals surface area (Å²) in [5.41, 5.74) is 3.98. The molecule has 2 rings (SSSR count). The van der Waals surface area contributed by atoms with Crippen LogP contribution in [0, 0.1) is 0 Å². The molecule has 0 saturated carbocycles. The lowest BCUT2D eigenvalue weighted by Gasteiger charge is -2.15. The largest absolute Gasteiger partial charge is 0.306 e. The zero-order valence-electron chi connectivity index (χ0n) is 12.9. The van der Waals surface area contributed by atoms with E-state index in [0.29, 0.717) is 6.04 Å². The minimum atomic E-state index is 0.337. The van der Waals surface area contributed by atoms with Gasteiger partial charge in [-0.25, -0.2) is 0 Å². The Morgan fingerprint density at radius 2 is 1.81 bits per heavy atom. The van der Waals surface area contributed by atoms with E-state index in [1.807, 2.05) is 18.2 Å². The molecule has 0 fully saturated rings. The van der Waals surface area contributed by atoms with Crippen LogP contribution in [0.4, 0.5) is 0 Å². The van der Waals surface area contributed by atoms with Crippen molar-refractivity contribution in [1.29, 1.82) is 0 Å². The standard InChI is InChI=1S/C19H24ClN/c1-3-4-6-16-9-11-18(12-10-16)15(2)21-14-17-7-5-8-19(20)13-17/h5,7-13,15,21H,3-4,6,14H2,1-2H3. The van der Waals surface area contributed by atoms with Crippen LogP contribution in [0.1, 0.15) is 49.4 Å². The molecule has 2 heteroatoms. The van der Waals surface area contributed by atoms with Crippen LogP contribution in [0.25, 0.3) is 0 Å². The fourth-order valence-electron chi connectivity index (χ4n) is 2.39. The predicted molar refractivity (Wildman–Crippen MR) is 91.8 cm³/mol. The van der Waals surface area contributed by atoms with Crippen LogP contribution in [0.15, 0.2) is 48.5 Å². The smallest absolute Gasteiger partial charge is 0.0409 e. The number of hydrogen-bond donors (Lipinski definition) is 1. The maximum absolute atomic E-state index is 6.01. The SMILES string of the molecule is CCCCc1ccc(C(C)NCc2cccc(Cl)c2)cc1. The first-order valence-corrected chi connectivity index (χ1v) is 8.13. The Morgan fingerprint density at radius 1 is 1.05 bits per heavy atom. The lowest BCUT2D eigenvalue weighted by molar-refractivity contribution is 0.574. The van der Waals surface area contributed by atoms with E-state index < -0.39 is 0 Å². The van der Waals surface area contributed by atoms with Crippen LogP contribution in [0.3, 0.4) is 0 Å². The molecule has 112 valence electrons. The highest BCUT2D eigenvalue weighted by atomic mass is 35.5. The Hall–Kier alpha value is -1.31. The van der Waals surface area contributed by atoms with Crippen molar-refractivity contribution in [2.45, 2.75) is 45.7 Å². The molecule has 0 aliphatic heterocycles. The van der Waals surface area contributed by atoms with Crippen molar-refractivity contribution in [2.24, 2.45) is 0 Å². The molecule has 1 atom stereocenters. The number of rotatable bonds is 7. The van der Waals surface area contributed by atoms with Crippen molar-refractivity contribution >= 4 is 11.6 Å². The van der Waals surface area contributed by atoms with E-state index in [-0.39, 0.29) is 0 Å². The lowest BCUT2D eigenvalue weighted by atomic mass is 10.0. The third-order valence-corrected chi connectivity index (χ3v) is 4.04. The molecular formula is C19H24ClN. The van der Waals surface area contributed by atoms with Crippen LogP contribution in [-0.2, 0) is 13.0 Å². The van der Waals surface area contributed by atoms with Gasteiger partial charge in [0.25, 0.3) is 0 Å². The Bertz CT molecular complexity index is 548. The summed E-state index contributed by atoms with van der Waals surface area (Å²) in [5, 5.41) is 4.34. The summed E-state index contributed by atoms with van der Waals surface area (Å²) in [6, 6.07) is 17.3. The fourth-order valence-corrected chi connectivity index (χ4v) is 2.60. The van der Waals surface area contributed by atoms with Gasteiger partial charge in [0.1, 0.15) is 0 Å². The fraction of sp³-hybridized carbons (Fsp3) is 0.368. The molecule has 0 saturated heterocycles. The highest BCUT2D eigenvalue weighted by Crippen LogP contribution is 2.16. The van der Waals surface area contributed by atoms with Crippen LogP contribution >= 0.6 is 11.6 Å². The molecule has 1 unspecified atom stereocenters. The number of benzene rings is 2. The third-order valence-electron chi connectivity index (χ3n) is 3.80. The number of unbranched alkanes of at least 4 members (excludes halogenated alkanes) is 1. The zero-order chi connectivity index (χ0) is 15.1. The van der Waals surface area contributed by atoms with Crippen molar-refractivity contribution in [3.63, 3.8) is 0 Å². The third kappa shape index (κ3) is 5.18.